The lowest BCUT2D eigenvalue weighted by Gasteiger charge is -2.26. The lowest BCUT2D eigenvalue weighted by Crippen LogP contribution is -2.27. The molecule has 0 radical (unpaired) electrons. The number of anilines is 1. The third-order valence-electron chi connectivity index (χ3n) is 4.76. The standard InChI is InChI=1S/C20H19FN2O/c1-13-3-2-10-23(13)19-11-15-6-9-17(24)12-18(15)22-20(19)14-4-7-16(21)8-5-14/h4-9,11-13,24H,2-3,10H2,1H3. The van der Waals surface area contributed by atoms with Crippen LogP contribution in [0.5, 0.6) is 5.75 Å². The number of phenols is 1. The first-order chi connectivity index (χ1) is 11.6. The number of aromatic hydroxyl groups is 1. The number of hydrogen-bond acceptors (Lipinski definition) is 3. The van der Waals surface area contributed by atoms with Gasteiger partial charge in [-0.2, -0.15) is 0 Å². The Labute approximate surface area is 140 Å². The van der Waals surface area contributed by atoms with Crippen molar-refractivity contribution in [3.05, 3.63) is 54.3 Å². The molecular formula is C20H19FN2O. The third kappa shape index (κ3) is 2.58. The Hall–Kier alpha value is -2.62. The monoisotopic (exact) mass is 322 g/mol. The van der Waals surface area contributed by atoms with Crippen molar-refractivity contribution in [2.75, 3.05) is 11.4 Å². The molecule has 1 aromatic heterocycles. The number of nitrogens with zero attached hydrogens (tertiary/aromatic N) is 2. The van der Waals surface area contributed by atoms with E-state index >= 15 is 0 Å². The SMILES string of the molecule is CC1CCCN1c1cc2ccc(O)cc2nc1-c1ccc(F)cc1. The van der Waals surface area contributed by atoms with Crippen molar-refractivity contribution in [2.24, 2.45) is 0 Å². The molecule has 4 heteroatoms. The summed E-state index contributed by atoms with van der Waals surface area (Å²) >= 11 is 0. The summed E-state index contributed by atoms with van der Waals surface area (Å²) in [7, 11) is 0. The van der Waals surface area contributed by atoms with Gasteiger partial charge < -0.3 is 10.0 Å². The third-order valence-corrected chi connectivity index (χ3v) is 4.76. The van der Waals surface area contributed by atoms with E-state index in [0.717, 1.165) is 47.2 Å². The zero-order chi connectivity index (χ0) is 16.7. The Morgan fingerprint density at radius 2 is 1.92 bits per heavy atom. The van der Waals surface area contributed by atoms with Gasteiger partial charge in [0, 0.05) is 29.6 Å². The van der Waals surface area contributed by atoms with Crippen molar-refractivity contribution in [1.29, 1.82) is 0 Å². The van der Waals surface area contributed by atoms with E-state index in [1.807, 2.05) is 6.07 Å². The zero-order valence-corrected chi connectivity index (χ0v) is 13.5. The Morgan fingerprint density at radius 1 is 1.12 bits per heavy atom. The number of halogens is 1. The van der Waals surface area contributed by atoms with Crippen LogP contribution in [0.15, 0.2) is 48.5 Å². The van der Waals surface area contributed by atoms with E-state index in [4.69, 9.17) is 4.98 Å². The molecule has 122 valence electrons. The first-order valence-corrected chi connectivity index (χ1v) is 8.28. The molecule has 0 amide bonds. The van der Waals surface area contributed by atoms with E-state index in [9.17, 15) is 9.50 Å². The predicted octanol–water partition coefficient (Wildman–Crippen LogP) is 4.74. The van der Waals surface area contributed by atoms with Gasteiger partial charge in [-0.15, -0.1) is 0 Å². The van der Waals surface area contributed by atoms with Crippen molar-refractivity contribution in [1.82, 2.24) is 4.98 Å². The molecule has 1 N–H and O–H groups in total. The van der Waals surface area contributed by atoms with Gasteiger partial charge in [0.25, 0.3) is 0 Å². The van der Waals surface area contributed by atoms with Gasteiger partial charge in [-0.05, 0) is 62.2 Å². The summed E-state index contributed by atoms with van der Waals surface area (Å²) in [5, 5.41) is 10.7. The molecule has 2 aromatic carbocycles. The van der Waals surface area contributed by atoms with Crippen LogP contribution in [-0.4, -0.2) is 22.7 Å². The average molecular weight is 322 g/mol. The second-order valence-corrected chi connectivity index (χ2v) is 6.42. The number of rotatable bonds is 2. The van der Waals surface area contributed by atoms with E-state index < -0.39 is 0 Å². The quantitative estimate of drug-likeness (QED) is 0.740. The fourth-order valence-corrected chi connectivity index (χ4v) is 3.47. The van der Waals surface area contributed by atoms with E-state index in [2.05, 4.69) is 17.9 Å². The second kappa shape index (κ2) is 5.78. The summed E-state index contributed by atoms with van der Waals surface area (Å²) in [5.74, 6) is -0.0596. The summed E-state index contributed by atoms with van der Waals surface area (Å²) in [6.07, 6.45) is 2.33. The molecule has 1 atom stereocenters. The minimum atomic E-state index is -0.256. The van der Waals surface area contributed by atoms with Crippen LogP contribution in [0.1, 0.15) is 19.8 Å². The van der Waals surface area contributed by atoms with Gasteiger partial charge in [-0.3, -0.25) is 0 Å². The minimum Gasteiger partial charge on any atom is -0.508 e. The molecule has 3 aromatic rings. The molecular weight excluding hydrogens is 303 g/mol. The van der Waals surface area contributed by atoms with E-state index in [1.165, 1.54) is 12.1 Å². The number of pyridine rings is 1. The summed E-state index contributed by atoms with van der Waals surface area (Å²) in [6, 6.07) is 14.3. The maximum Gasteiger partial charge on any atom is 0.123 e. The van der Waals surface area contributed by atoms with Crippen molar-refractivity contribution in [2.45, 2.75) is 25.8 Å². The number of benzene rings is 2. The van der Waals surface area contributed by atoms with Crippen LogP contribution in [0.3, 0.4) is 0 Å². The van der Waals surface area contributed by atoms with Crippen molar-refractivity contribution in [3.63, 3.8) is 0 Å². The topological polar surface area (TPSA) is 36.4 Å². The van der Waals surface area contributed by atoms with Gasteiger partial charge in [0.15, 0.2) is 0 Å². The minimum absolute atomic E-state index is 0.197. The first-order valence-electron chi connectivity index (χ1n) is 8.28. The van der Waals surface area contributed by atoms with E-state index in [0.29, 0.717) is 6.04 Å². The van der Waals surface area contributed by atoms with Gasteiger partial charge in [-0.25, -0.2) is 9.37 Å². The number of phenolic OH excluding ortho intramolecular Hbond substituents is 1. The Kier molecular flexibility index (Phi) is 3.60. The summed E-state index contributed by atoms with van der Waals surface area (Å²) in [6.45, 7) is 3.23. The van der Waals surface area contributed by atoms with E-state index in [-0.39, 0.29) is 11.6 Å². The highest BCUT2D eigenvalue weighted by atomic mass is 19.1. The second-order valence-electron chi connectivity index (χ2n) is 6.42. The number of fused-ring (bicyclic) bond motifs is 1. The lowest BCUT2D eigenvalue weighted by atomic mass is 10.1. The largest absolute Gasteiger partial charge is 0.508 e. The Bertz CT molecular complexity index is 892. The average Bonchev–Trinajstić information content (AvgIpc) is 3.00. The van der Waals surface area contributed by atoms with Crippen LogP contribution in [0.4, 0.5) is 10.1 Å². The Morgan fingerprint density at radius 3 is 2.62 bits per heavy atom. The van der Waals surface area contributed by atoms with Crippen LogP contribution < -0.4 is 4.90 Å². The highest BCUT2D eigenvalue weighted by Crippen LogP contribution is 2.36. The maximum atomic E-state index is 13.3. The lowest BCUT2D eigenvalue weighted by molar-refractivity contribution is 0.476. The fraction of sp³-hybridized carbons (Fsp3) is 0.250. The number of hydrogen-bond donors (Lipinski definition) is 1. The molecule has 24 heavy (non-hydrogen) atoms. The van der Waals surface area contributed by atoms with Crippen molar-refractivity contribution < 1.29 is 9.50 Å². The molecule has 0 spiro atoms. The van der Waals surface area contributed by atoms with Crippen LogP contribution in [-0.2, 0) is 0 Å². The summed E-state index contributed by atoms with van der Waals surface area (Å²) in [5.41, 5.74) is 3.53. The van der Waals surface area contributed by atoms with Crippen LogP contribution in [0.2, 0.25) is 0 Å². The maximum absolute atomic E-state index is 13.3. The van der Waals surface area contributed by atoms with Gasteiger partial charge >= 0.3 is 0 Å². The molecule has 0 bridgehead atoms. The molecule has 1 aliphatic rings. The van der Waals surface area contributed by atoms with Crippen molar-refractivity contribution in [3.8, 4) is 17.0 Å². The summed E-state index contributed by atoms with van der Waals surface area (Å²) < 4.78 is 13.3. The molecule has 4 rings (SSSR count). The molecule has 1 aliphatic heterocycles. The molecule has 2 heterocycles. The molecule has 1 fully saturated rings. The first kappa shape index (κ1) is 14.9. The van der Waals surface area contributed by atoms with Crippen LogP contribution in [0.25, 0.3) is 22.2 Å². The summed E-state index contributed by atoms with van der Waals surface area (Å²) in [4.78, 5) is 7.16. The highest BCUT2D eigenvalue weighted by Gasteiger charge is 2.24. The zero-order valence-electron chi connectivity index (χ0n) is 13.5. The molecule has 0 saturated carbocycles. The number of aromatic nitrogens is 1. The van der Waals surface area contributed by atoms with Gasteiger partial charge in [0.2, 0.25) is 0 Å². The highest BCUT2D eigenvalue weighted by molar-refractivity contribution is 5.90. The Balaban J connectivity index is 1.95. The normalized spacial score (nSPS) is 17.6. The molecule has 0 aliphatic carbocycles. The van der Waals surface area contributed by atoms with Gasteiger partial charge in [0.1, 0.15) is 11.6 Å². The van der Waals surface area contributed by atoms with Crippen molar-refractivity contribution >= 4 is 16.6 Å². The smallest absolute Gasteiger partial charge is 0.123 e. The predicted molar refractivity (Wildman–Crippen MR) is 94.8 cm³/mol. The van der Waals surface area contributed by atoms with Crippen LogP contribution in [0, 0.1) is 5.82 Å². The fourth-order valence-electron chi connectivity index (χ4n) is 3.47. The molecule has 1 unspecified atom stereocenters. The molecule has 3 nitrogen and oxygen atoms in total. The van der Waals surface area contributed by atoms with E-state index in [1.54, 1.807) is 24.3 Å². The van der Waals surface area contributed by atoms with Gasteiger partial charge in [0.05, 0.1) is 16.9 Å². The van der Waals surface area contributed by atoms with Gasteiger partial charge in [-0.1, -0.05) is 0 Å². The van der Waals surface area contributed by atoms with Crippen LogP contribution >= 0.6 is 0 Å². The molecule has 1 saturated heterocycles.